The lowest BCUT2D eigenvalue weighted by Crippen LogP contribution is -2.30. The summed E-state index contributed by atoms with van der Waals surface area (Å²) in [5.74, 6) is 0.547. The summed E-state index contributed by atoms with van der Waals surface area (Å²) in [5, 5.41) is 3.18. The number of aryl methyl sites for hydroxylation is 1. The average molecular weight is 348 g/mol. The van der Waals surface area contributed by atoms with Crippen molar-refractivity contribution in [3.05, 3.63) is 77.6 Å². The summed E-state index contributed by atoms with van der Waals surface area (Å²) in [6.07, 6.45) is 1.38. The van der Waals surface area contributed by atoms with Gasteiger partial charge in [0.1, 0.15) is 12.0 Å². The van der Waals surface area contributed by atoms with E-state index in [9.17, 15) is 4.79 Å². The van der Waals surface area contributed by atoms with Crippen molar-refractivity contribution in [1.82, 2.24) is 15.4 Å². The van der Waals surface area contributed by atoms with Crippen molar-refractivity contribution in [2.75, 3.05) is 16.5 Å². The number of nitrogen functional groups attached to an aromatic ring is 1. The second-order valence-corrected chi connectivity index (χ2v) is 5.77. The van der Waals surface area contributed by atoms with Gasteiger partial charge in [-0.25, -0.2) is 9.97 Å². The monoisotopic (exact) mass is 348 g/mol. The van der Waals surface area contributed by atoms with E-state index in [-0.39, 0.29) is 5.91 Å². The van der Waals surface area contributed by atoms with Crippen molar-refractivity contribution in [3.63, 3.8) is 0 Å². The van der Waals surface area contributed by atoms with Gasteiger partial charge in [-0.3, -0.25) is 15.6 Å². The Hall–Kier alpha value is -3.61. The molecule has 0 bridgehead atoms. The summed E-state index contributed by atoms with van der Waals surface area (Å²) in [4.78, 5) is 20.3. The molecule has 7 heteroatoms. The number of nitrogens with two attached hydrogens (primary N) is 1. The number of carbonyl (C=O) groups excluding carboxylic acids is 1. The maximum absolute atomic E-state index is 12.1. The Bertz CT molecular complexity index is 880. The number of benzene rings is 2. The number of aromatic nitrogens is 2. The van der Waals surface area contributed by atoms with Crippen LogP contribution in [0.4, 0.5) is 17.3 Å². The van der Waals surface area contributed by atoms with Crippen LogP contribution < -0.4 is 21.9 Å². The van der Waals surface area contributed by atoms with Gasteiger partial charge in [0.2, 0.25) is 0 Å². The van der Waals surface area contributed by atoms with Gasteiger partial charge in [-0.15, -0.1) is 0 Å². The van der Waals surface area contributed by atoms with Gasteiger partial charge in [0.15, 0.2) is 11.6 Å². The van der Waals surface area contributed by atoms with Crippen LogP contribution >= 0.6 is 0 Å². The first-order chi connectivity index (χ1) is 12.6. The zero-order valence-corrected chi connectivity index (χ0v) is 14.4. The number of nitrogens with zero attached hydrogens (tertiary/aromatic N) is 2. The summed E-state index contributed by atoms with van der Waals surface area (Å²) >= 11 is 0. The highest BCUT2D eigenvalue weighted by Gasteiger charge is 2.10. The molecule has 2 aromatic carbocycles. The second kappa shape index (κ2) is 7.98. The van der Waals surface area contributed by atoms with Crippen LogP contribution in [-0.2, 0) is 6.54 Å². The third kappa shape index (κ3) is 4.27. The molecule has 1 heterocycles. The van der Waals surface area contributed by atoms with E-state index in [2.05, 4.69) is 26.1 Å². The molecule has 0 radical (unpaired) electrons. The summed E-state index contributed by atoms with van der Waals surface area (Å²) in [6, 6.07) is 17.0. The van der Waals surface area contributed by atoms with Gasteiger partial charge in [-0.1, -0.05) is 48.0 Å². The van der Waals surface area contributed by atoms with E-state index in [1.165, 1.54) is 11.9 Å². The third-order valence-corrected chi connectivity index (χ3v) is 3.79. The van der Waals surface area contributed by atoms with Gasteiger partial charge in [-0.2, -0.15) is 0 Å². The molecule has 0 saturated carbocycles. The van der Waals surface area contributed by atoms with Crippen molar-refractivity contribution < 1.29 is 4.79 Å². The van der Waals surface area contributed by atoms with Crippen LogP contribution in [0.5, 0.6) is 0 Å². The molecule has 0 unspecified atom stereocenters. The van der Waals surface area contributed by atoms with E-state index >= 15 is 0 Å². The standard InChI is InChI=1S/C19H20N6O/c1-13-7-9-14(10-8-13)11-21-17-16(20)18(23-12-22-17)24-25-19(26)15-5-3-2-4-6-15/h2-10,12H,11,20H2,1H3,(H,25,26)(H2,21,22,23,24). The first-order valence-electron chi connectivity index (χ1n) is 8.15. The van der Waals surface area contributed by atoms with Gasteiger partial charge in [0.25, 0.3) is 5.91 Å². The smallest absolute Gasteiger partial charge is 0.269 e. The number of hydrogen-bond acceptors (Lipinski definition) is 6. The predicted molar refractivity (Wildman–Crippen MR) is 102 cm³/mol. The van der Waals surface area contributed by atoms with E-state index in [0.717, 1.165) is 5.56 Å². The Labute approximate surface area is 151 Å². The quantitative estimate of drug-likeness (QED) is 0.511. The molecule has 1 amide bonds. The van der Waals surface area contributed by atoms with E-state index in [1.54, 1.807) is 24.3 Å². The zero-order chi connectivity index (χ0) is 18.4. The lowest BCUT2D eigenvalue weighted by atomic mass is 10.1. The Morgan fingerprint density at radius 2 is 1.69 bits per heavy atom. The minimum Gasteiger partial charge on any atom is -0.393 e. The van der Waals surface area contributed by atoms with Gasteiger partial charge in [0.05, 0.1) is 0 Å². The van der Waals surface area contributed by atoms with Crippen LogP contribution in [0.1, 0.15) is 21.5 Å². The van der Waals surface area contributed by atoms with Crippen LogP contribution in [0.25, 0.3) is 0 Å². The largest absolute Gasteiger partial charge is 0.393 e. The van der Waals surface area contributed by atoms with Crippen LogP contribution in [0, 0.1) is 6.92 Å². The average Bonchev–Trinajstić information content (AvgIpc) is 2.68. The number of anilines is 3. The molecule has 3 rings (SSSR count). The highest BCUT2D eigenvalue weighted by molar-refractivity contribution is 5.95. The molecule has 26 heavy (non-hydrogen) atoms. The molecule has 0 aliphatic heterocycles. The van der Waals surface area contributed by atoms with E-state index in [1.807, 2.05) is 37.3 Å². The predicted octanol–water partition coefficient (Wildman–Crippen LogP) is 2.74. The molecule has 1 aromatic heterocycles. The summed E-state index contributed by atoms with van der Waals surface area (Å²) in [6.45, 7) is 2.62. The fraction of sp³-hybridized carbons (Fsp3) is 0.105. The maximum atomic E-state index is 12.1. The van der Waals surface area contributed by atoms with E-state index in [0.29, 0.717) is 29.4 Å². The van der Waals surface area contributed by atoms with Gasteiger partial charge < -0.3 is 11.1 Å². The van der Waals surface area contributed by atoms with E-state index < -0.39 is 0 Å². The molecule has 3 aromatic rings. The Morgan fingerprint density at radius 1 is 1.00 bits per heavy atom. The normalized spacial score (nSPS) is 10.2. The minimum atomic E-state index is -0.280. The van der Waals surface area contributed by atoms with E-state index in [4.69, 9.17) is 5.73 Å². The van der Waals surface area contributed by atoms with Crippen LogP contribution in [-0.4, -0.2) is 15.9 Å². The number of hydrazine groups is 1. The fourth-order valence-electron chi connectivity index (χ4n) is 2.31. The summed E-state index contributed by atoms with van der Waals surface area (Å²) in [7, 11) is 0. The topological polar surface area (TPSA) is 105 Å². The molecule has 132 valence electrons. The zero-order valence-electron chi connectivity index (χ0n) is 14.4. The third-order valence-electron chi connectivity index (χ3n) is 3.79. The molecule has 0 spiro atoms. The molecule has 0 saturated heterocycles. The first-order valence-corrected chi connectivity index (χ1v) is 8.15. The molecule has 0 aliphatic carbocycles. The lowest BCUT2D eigenvalue weighted by Gasteiger charge is -2.13. The minimum absolute atomic E-state index is 0.280. The van der Waals surface area contributed by atoms with Gasteiger partial charge in [-0.05, 0) is 24.6 Å². The van der Waals surface area contributed by atoms with Crippen molar-refractivity contribution >= 4 is 23.2 Å². The molecule has 0 fully saturated rings. The first kappa shape index (κ1) is 17.2. The van der Waals surface area contributed by atoms with Crippen LogP contribution in [0.2, 0.25) is 0 Å². The SMILES string of the molecule is Cc1ccc(CNc2ncnc(NNC(=O)c3ccccc3)c2N)cc1. The summed E-state index contributed by atoms with van der Waals surface area (Å²) < 4.78 is 0. The van der Waals surface area contributed by atoms with Crippen molar-refractivity contribution in [3.8, 4) is 0 Å². The second-order valence-electron chi connectivity index (χ2n) is 5.77. The number of carbonyl (C=O) groups is 1. The molecular weight excluding hydrogens is 328 g/mol. The maximum Gasteiger partial charge on any atom is 0.269 e. The number of amides is 1. The van der Waals surface area contributed by atoms with Crippen molar-refractivity contribution in [1.29, 1.82) is 0 Å². The molecule has 5 N–H and O–H groups in total. The molecule has 0 aliphatic rings. The molecule has 0 atom stereocenters. The van der Waals surface area contributed by atoms with Crippen LogP contribution in [0.15, 0.2) is 60.9 Å². The number of rotatable bonds is 6. The van der Waals surface area contributed by atoms with Gasteiger partial charge >= 0.3 is 0 Å². The lowest BCUT2D eigenvalue weighted by molar-refractivity contribution is 0.0962. The number of hydrogen-bond donors (Lipinski definition) is 4. The molecular formula is C19H20N6O. The highest BCUT2D eigenvalue weighted by Crippen LogP contribution is 2.22. The summed E-state index contributed by atoms with van der Waals surface area (Å²) in [5.41, 5.74) is 14.6. The fourth-order valence-corrected chi connectivity index (χ4v) is 2.31. The highest BCUT2D eigenvalue weighted by atomic mass is 16.2. The van der Waals surface area contributed by atoms with Crippen molar-refractivity contribution in [2.45, 2.75) is 13.5 Å². The van der Waals surface area contributed by atoms with Crippen LogP contribution in [0.3, 0.4) is 0 Å². The molecule has 7 nitrogen and oxygen atoms in total. The Balaban J connectivity index is 1.63. The van der Waals surface area contributed by atoms with Gasteiger partial charge in [0, 0.05) is 12.1 Å². The Morgan fingerprint density at radius 3 is 2.42 bits per heavy atom. The van der Waals surface area contributed by atoms with Crippen molar-refractivity contribution in [2.24, 2.45) is 0 Å². The Kier molecular flexibility index (Phi) is 5.28. The number of nitrogens with one attached hydrogen (secondary N) is 3.